The van der Waals surface area contributed by atoms with Crippen molar-refractivity contribution in [1.82, 2.24) is 19.7 Å². The molecule has 2 aromatic rings. The quantitative estimate of drug-likeness (QED) is 0.697. The summed E-state index contributed by atoms with van der Waals surface area (Å²) in [5.41, 5.74) is -0.408. The largest absolute Gasteiger partial charge is 0.481 e. The molecule has 25 heavy (non-hydrogen) atoms. The second kappa shape index (κ2) is 7.11. The highest BCUT2D eigenvalue weighted by Crippen LogP contribution is 2.26. The lowest BCUT2D eigenvalue weighted by Crippen LogP contribution is -2.21. The number of sulfonamides is 1. The van der Waals surface area contributed by atoms with Crippen LogP contribution in [0.25, 0.3) is 0 Å². The average molecular weight is 392 g/mol. The van der Waals surface area contributed by atoms with Gasteiger partial charge in [-0.15, -0.1) is 0 Å². The van der Waals surface area contributed by atoms with Crippen molar-refractivity contribution in [1.29, 1.82) is 0 Å². The van der Waals surface area contributed by atoms with E-state index in [-0.39, 0.29) is 22.9 Å². The molecule has 0 radical (unpaired) electrons. The molecule has 0 aliphatic carbocycles. The zero-order valence-corrected chi connectivity index (χ0v) is 15.2. The fourth-order valence-corrected chi connectivity index (χ4v) is 3.49. The second-order valence-corrected chi connectivity index (χ2v) is 6.42. The van der Waals surface area contributed by atoms with Gasteiger partial charge in [0, 0.05) is 7.05 Å². The fourth-order valence-electron chi connectivity index (χ4n) is 1.89. The first-order valence-corrected chi connectivity index (χ1v) is 8.40. The van der Waals surface area contributed by atoms with Crippen LogP contribution in [0.5, 0.6) is 11.8 Å². The Hall–Kier alpha value is -2.60. The molecule has 0 unspecified atom stereocenters. The average Bonchev–Trinajstić information content (AvgIpc) is 2.88. The van der Waals surface area contributed by atoms with E-state index in [4.69, 9.17) is 21.1 Å². The highest BCUT2D eigenvalue weighted by atomic mass is 35.5. The summed E-state index contributed by atoms with van der Waals surface area (Å²) in [7, 11) is 0.752. The Morgan fingerprint density at radius 2 is 1.76 bits per heavy atom. The Bertz CT molecular complexity index is 891. The summed E-state index contributed by atoms with van der Waals surface area (Å²) in [6.45, 7) is 0. The summed E-state index contributed by atoms with van der Waals surface area (Å²) in [6, 6.07) is 1.36. The molecule has 0 saturated carbocycles. The maximum atomic E-state index is 12.7. The van der Waals surface area contributed by atoms with E-state index in [1.165, 1.54) is 27.3 Å². The van der Waals surface area contributed by atoms with E-state index < -0.39 is 26.6 Å². The van der Waals surface area contributed by atoms with Crippen LogP contribution in [0.4, 0.5) is 5.95 Å². The topological polar surface area (TPSA) is 135 Å². The van der Waals surface area contributed by atoms with Gasteiger partial charge in [-0.25, -0.2) is 9.52 Å². The Morgan fingerprint density at radius 3 is 2.24 bits per heavy atom. The maximum absolute atomic E-state index is 12.7. The van der Waals surface area contributed by atoms with Crippen LogP contribution in [-0.4, -0.2) is 55.5 Å². The monoisotopic (exact) mass is 391 g/mol. The number of carbonyl (C=O) groups is 1. The van der Waals surface area contributed by atoms with Crippen molar-refractivity contribution in [2.45, 2.75) is 5.03 Å². The summed E-state index contributed by atoms with van der Waals surface area (Å²) >= 11 is 5.83. The van der Waals surface area contributed by atoms with Crippen LogP contribution in [0.3, 0.4) is 0 Å². The predicted molar refractivity (Wildman–Crippen MR) is 85.5 cm³/mol. The van der Waals surface area contributed by atoms with Crippen LogP contribution in [0, 0.1) is 0 Å². The minimum absolute atomic E-state index is 0.0702. The number of carbonyl (C=O) groups excluding carboxylic acids is 1. The summed E-state index contributed by atoms with van der Waals surface area (Å²) in [5.74, 6) is -1.14. The molecule has 0 aliphatic heterocycles. The zero-order valence-electron chi connectivity index (χ0n) is 13.6. The first-order valence-electron chi connectivity index (χ1n) is 6.54. The summed E-state index contributed by atoms with van der Waals surface area (Å²) in [5, 5.41) is 2.90. The first-order chi connectivity index (χ1) is 11.7. The van der Waals surface area contributed by atoms with Crippen molar-refractivity contribution in [3.8, 4) is 11.8 Å². The Kier molecular flexibility index (Phi) is 5.33. The van der Waals surface area contributed by atoms with Gasteiger partial charge in [0.2, 0.25) is 17.7 Å². The molecule has 0 fully saturated rings. The molecule has 2 aromatic heterocycles. The van der Waals surface area contributed by atoms with Crippen molar-refractivity contribution in [2.75, 3.05) is 26.1 Å². The number of ether oxygens (including phenoxy) is 3. The Labute approximate surface area is 147 Å². The van der Waals surface area contributed by atoms with Crippen LogP contribution in [0.1, 0.15) is 10.4 Å². The number of halogens is 1. The third-order valence-corrected chi connectivity index (χ3v) is 4.61. The van der Waals surface area contributed by atoms with Gasteiger partial charge in [-0.3, -0.25) is 4.68 Å². The van der Waals surface area contributed by atoms with Gasteiger partial charge in [0.05, 0.1) is 27.4 Å². The maximum Gasteiger partial charge on any atom is 0.344 e. The minimum Gasteiger partial charge on any atom is -0.481 e. The summed E-state index contributed by atoms with van der Waals surface area (Å²) < 4.78 is 42.8. The number of anilines is 1. The van der Waals surface area contributed by atoms with Gasteiger partial charge in [0.15, 0.2) is 10.2 Å². The van der Waals surface area contributed by atoms with Crippen LogP contribution >= 0.6 is 11.6 Å². The van der Waals surface area contributed by atoms with E-state index in [1.54, 1.807) is 0 Å². The van der Waals surface area contributed by atoms with Crippen LogP contribution in [0.15, 0.2) is 11.1 Å². The Balaban J connectivity index is 2.53. The lowest BCUT2D eigenvalue weighted by atomic mass is 10.4. The van der Waals surface area contributed by atoms with E-state index in [2.05, 4.69) is 24.5 Å². The van der Waals surface area contributed by atoms with Crippen LogP contribution in [-0.2, 0) is 21.8 Å². The smallest absolute Gasteiger partial charge is 0.344 e. The van der Waals surface area contributed by atoms with Crippen molar-refractivity contribution >= 4 is 33.5 Å². The summed E-state index contributed by atoms with van der Waals surface area (Å²) in [6.07, 6.45) is 0. The third kappa shape index (κ3) is 3.74. The predicted octanol–water partition coefficient (Wildman–Crippen LogP) is 0.468. The molecule has 0 bridgehead atoms. The molecule has 11 nitrogen and oxygen atoms in total. The van der Waals surface area contributed by atoms with Crippen molar-refractivity contribution < 1.29 is 27.4 Å². The molecule has 2 heterocycles. The van der Waals surface area contributed by atoms with Crippen molar-refractivity contribution in [2.24, 2.45) is 7.05 Å². The van der Waals surface area contributed by atoms with Crippen LogP contribution in [0.2, 0.25) is 5.15 Å². The van der Waals surface area contributed by atoms with E-state index in [0.29, 0.717) is 0 Å². The highest BCUT2D eigenvalue weighted by molar-refractivity contribution is 7.92. The van der Waals surface area contributed by atoms with Gasteiger partial charge in [-0.2, -0.15) is 23.5 Å². The molecule has 1 N–H and O–H groups in total. The molecule has 136 valence electrons. The highest BCUT2D eigenvalue weighted by Gasteiger charge is 2.32. The van der Waals surface area contributed by atoms with E-state index >= 15 is 0 Å². The molecule has 0 atom stereocenters. The SMILES string of the molecule is COC(=O)c1c(Cl)nn(C)c1S(=O)(=O)Nc1nc(OC)cc(OC)n1. The Morgan fingerprint density at radius 1 is 1.20 bits per heavy atom. The molecule has 0 spiro atoms. The molecule has 0 saturated heterocycles. The third-order valence-electron chi connectivity index (χ3n) is 2.92. The van der Waals surface area contributed by atoms with Crippen molar-refractivity contribution in [3.63, 3.8) is 0 Å². The van der Waals surface area contributed by atoms with E-state index in [9.17, 15) is 13.2 Å². The lowest BCUT2D eigenvalue weighted by Gasteiger charge is -2.10. The first kappa shape index (κ1) is 18.7. The van der Waals surface area contributed by atoms with Crippen LogP contribution < -0.4 is 14.2 Å². The van der Waals surface area contributed by atoms with Gasteiger partial charge < -0.3 is 14.2 Å². The molecule has 13 heteroatoms. The number of methoxy groups -OCH3 is 3. The number of hydrogen-bond donors (Lipinski definition) is 1. The molecule has 2 rings (SSSR count). The number of esters is 1. The standard InChI is InChI=1S/C12H14ClN5O6S/c1-18-10(8(9(13)16-18)11(19)24-4)25(20,21)17-12-14-6(22-2)5-7(15-12)23-3/h5H,1-4H3,(H,14,15,17). The van der Waals surface area contributed by atoms with Gasteiger partial charge >= 0.3 is 5.97 Å². The lowest BCUT2D eigenvalue weighted by molar-refractivity contribution is 0.0596. The summed E-state index contributed by atoms with van der Waals surface area (Å²) in [4.78, 5) is 19.6. The molecule has 0 amide bonds. The van der Waals surface area contributed by atoms with Gasteiger partial charge in [0.1, 0.15) is 5.56 Å². The van der Waals surface area contributed by atoms with Crippen molar-refractivity contribution in [3.05, 3.63) is 16.8 Å². The number of nitrogens with zero attached hydrogens (tertiary/aromatic N) is 4. The minimum atomic E-state index is -4.33. The number of hydrogen-bond acceptors (Lipinski definition) is 9. The number of aromatic nitrogens is 4. The number of aryl methyl sites for hydroxylation is 1. The second-order valence-electron chi connectivity index (χ2n) is 4.47. The molecule has 0 aromatic carbocycles. The fraction of sp³-hybridized carbons (Fsp3) is 0.333. The van der Waals surface area contributed by atoms with E-state index in [1.807, 2.05) is 0 Å². The molecular formula is C12H14ClN5O6S. The van der Waals surface area contributed by atoms with Gasteiger partial charge in [-0.05, 0) is 0 Å². The number of rotatable bonds is 6. The van der Waals surface area contributed by atoms with Gasteiger partial charge in [0.25, 0.3) is 10.0 Å². The van der Waals surface area contributed by atoms with E-state index in [0.717, 1.165) is 11.8 Å². The normalized spacial score (nSPS) is 11.1. The molecular weight excluding hydrogens is 378 g/mol. The zero-order chi connectivity index (χ0) is 18.8. The van der Waals surface area contributed by atoms with Gasteiger partial charge in [-0.1, -0.05) is 11.6 Å². The number of nitrogens with one attached hydrogen (secondary N) is 1. The molecule has 0 aliphatic rings.